The van der Waals surface area contributed by atoms with Crippen LogP contribution in [0.5, 0.6) is 0 Å². The normalized spacial score (nSPS) is 25.2. The minimum Gasteiger partial charge on any atom is -0.444 e. The third kappa shape index (κ3) is 7.04. The van der Waals surface area contributed by atoms with Crippen molar-refractivity contribution >= 4 is 47.1 Å². The summed E-state index contributed by atoms with van der Waals surface area (Å²) in [6.45, 7) is 11.6. The van der Waals surface area contributed by atoms with Gasteiger partial charge in [0.05, 0.1) is 4.58 Å². The molecule has 10 heteroatoms. The van der Waals surface area contributed by atoms with Gasteiger partial charge < -0.3 is 25.7 Å². The molecule has 4 atom stereocenters. The molecule has 4 unspecified atom stereocenters. The van der Waals surface area contributed by atoms with E-state index in [1.54, 1.807) is 49.2 Å². The molecule has 0 bridgehead atoms. The summed E-state index contributed by atoms with van der Waals surface area (Å²) in [5.74, 6) is 0.910. The van der Waals surface area contributed by atoms with E-state index in [1.165, 1.54) is 6.92 Å². The molecule has 0 aromatic carbocycles. The first-order chi connectivity index (χ1) is 15.0. The van der Waals surface area contributed by atoms with Gasteiger partial charge in [0.25, 0.3) is 0 Å². The van der Waals surface area contributed by atoms with Crippen LogP contribution in [-0.4, -0.2) is 75.4 Å². The number of likely N-dealkylation sites (N-methyl/N-ethyl adjacent to an activating group) is 1. The molecule has 1 saturated carbocycles. The van der Waals surface area contributed by atoms with Crippen LogP contribution in [0.4, 0.5) is 4.79 Å². The van der Waals surface area contributed by atoms with Crippen LogP contribution in [0.15, 0.2) is 0 Å². The van der Waals surface area contributed by atoms with Crippen LogP contribution in [0.3, 0.4) is 0 Å². The molecular weight excluding hydrogens is 448 g/mol. The van der Waals surface area contributed by atoms with Gasteiger partial charge >= 0.3 is 6.09 Å². The summed E-state index contributed by atoms with van der Waals surface area (Å²) < 4.78 is 5.64. The fourth-order valence-corrected chi connectivity index (χ4v) is 7.63. The monoisotopic (exact) mass is 486 g/mol. The maximum absolute atomic E-state index is 13.4. The Morgan fingerprint density at radius 1 is 1.19 bits per heavy atom. The number of ether oxygens (including phenoxy) is 1. The predicted molar refractivity (Wildman–Crippen MR) is 131 cm³/mol. The molecular formula is C22H38N4O4S2. The van der Waals surface area contributed by atoms with E-state index in [1.807, 2.05) is 13.8 Å². The number of alkyl carbamates (subject to hydrolysis) is 1. The first-order valence-electron chi connectivity index (χ1n) is 11.3. The summed E-state index contributed by atoms with van der Waals surface area (Å²) in [5.41, 5.74) is -0.144. The zero-order valence-corrected chi connectivity index (χ0v) is 21.7. The second kappa shape index (κ2) is 11.6. The highest BCUT2D eigenvalue weighted by molar-refractivity contribution is 8.17. The summed E-state index contributed by atoms with van der Waals surface area (Å²) in [4.78, 5) is 39.8. The Kier molecular flexibility index (Phi) is 9.75. The first kappa shape index (κ1) is 26.8. The van der Waals surface area contributed by atoms with Crippen LogP contribution in [0, 0.1) is 17.2 Å². The number of nitrogens with zero attached hydrogens (tertiary/aromatic N) is 1. The average Bonchev–Trinajstić information content (AvgIpc) is 3.01. The summed E-state index contributed by atoms with van der Waals surface area (Å²) in [7, 11) is 0. The summed E-state index contributed by atoms with van der Waals surface area (Å²) in [5, 5.41) is 14.6. The van der Waals surface area contributed by atoms with Gasteiger partial charge in [0, 0.05) is 43.6 Å². The van der Waals surface area contributed by atoms with Crippen molar-refractivity contribution in [1.82, 2.24) is 15.5 Å². The zero-order valence-electron chi connectivity index (χ0n) is 20.0. The Morgan fingerprint density at radius 3 is 2.28 bits per heavy atom. The van der Waals surface area contributed by atoms with Crippen molar-refractivity contribution in [1.29, 1.82) is 5.41 Å². The van der Waals surface area contributed by atoms with Crippen molar-refractivity contribution in [2.75, 3.05) is 24.6 Å². The van der Waals surface area contributed by atoms with Crippen molar-refractivity contribution in [2.45, 2.75) is 76.7 Å². The molecule has 0 aromatic heterocycles. The molecule has 182 valence electrons. The van der Waals surface area contributed by atoms with Crippen molar-refractivity contribution in [3.63, 3.8) is 0 Å². The highest BCUT2D eigenvalue weighted by Gasteiger charge is 2.51. The molecule has 1 saturated heterocycles. The van der Waals surface area contributed by atoms with Gasteiger partial charge in [-0.15, -0.1) is 23.5 Å². The van der Waals surface area contributed by atoms with Crippen LogP contribution < -0.4 is 10.6 Å². The second-order valence-corrected chi connectivity index (χ2v) is 12.0. The van der Waals surface area contributed by atoms with E-state index in [-0.39, 0.29) is 22.3 Å². The molecule has 2 aliphatic rings. The molecule has 0 radical (unpaired) electrons. The number of nitrogens with one attached hydrogen (secondary N) is 3. The van der Waals surface area contributed by atoms with Gasteiger partial charge in [-0.3, -0.25) is 9.59 Å². The molecule has 1 aliphatic heterocycles. The highest BCUT2D eigenvalue weighted by atomic mass is 32.2. The SMILES string of the molecule is CCN(CC)C(=O)C(NC(C)=O)C1CC(=N)C(C2SCCCS2)C1NC(=O)OC(C)(C)C. The maximum atomic E-state index is 13.4. The smallest absolute Gasteiger partial charge is 0.407 e. The fourth-order valence-electron chi connectivity index (χ4n) is 4.32. The number of amides is 3. The lowest BCUT2D eigenvalue weighted by Crippen LogP contribution is -2.57. The standard InChI is InChI=1S/C22H38N4O4S2/c1-7-26(8-2)19(28)18(24-13(3)27)14-12-15(23)16(20-31-10-9-11-32-20)17(14)25-21(29)30-22(4,5)6/h14,16-18,20,23H,7-12H2,1-6H3,(H,24,27)(H,25,29). The van der Waals surface area contributed by atoms with Gasteiger partial charge in [-0.05, 0) is 59.0 Å². The van der Waals surface area contributed by atoms with Crippen molar-refractivity contribution < 1.29 is 19.1 Å². The lowest BCUT2D eigenvalue weighted by molar-refractivity contribution is -0.137. The number of hydrogen-bond acceptors (Lipinski definition) is 7. The van der Waals surface area contributed by atoms with Crippen LogP contribution in [0.25, 0.3) is 0 Å². The largest absolute Gasteiger partial charge is 0.444 e. The third-order valence-electron chi connectivity index (χ3n) is 5.66. The quantitative estimate of drug-likeness (QED) is 0.510. The van der Waals surface area contributed by atoms with Gasteiger partial charge in [0.1, 0.15) is 11.6 Å². The average molecular weight is 487 g/mol. The molecule has 3 N–H and O–H groups in total. The molecule has 8 nitrogen and oxygen atoms in total. The lowest BCUT2D eigenvalue weighted by Gasteiger charge is -2.36. The van der Waals surface area contributed by atoms with Crippen LogP contribution in [0.2, 0.25) is 0 Å². The maximum Gasteiger partial charge on any atom is 0.407 e. The van der Waals surface area contributed by atoms with Gasteiger partial charge in [0.15, 0.2) is 0 Å². The first-order valence-corrected chi connectivity index (χ1v) is 13.4. The van der Waals surface area contributed by atoms with Crippen LogP contribution in [-0.2, 0) is 14.3 Å². The van der Waals surface area contributed by atoms with Gasteiger partial charge in [-0.25, -0.2) is 4.79 Å². The van der Waals surface area contributed by atoms with Crippen LogP contribution in [0.1, 0.15) is 54.4 Å². The van der Waals surface area contributed by atoms with Crippen LogP contribution >= 0.6 is 23.5 Å². The summed E-state index contributed by atoms with van der Waals surface area (Å²) in [6, 6.07) is -1.28. The van der Waals surface area contributed by atoms with E-state index in [0.29, 0.717) is 25.2 Å². The number of carbonyl (C=O) groups excluding carboxylic acids is 3. The van der Waals surface area contributed by atoms with Gasteiger partial charge in [0.2, 0.25) is 11.8 Å². The Bertz CT molecular complexity index is 703. The highest BCUT2D eigenvalue weighted by Crippen LogP contribution is 2.44. The molecule has 3 amide bonds. The van der Waals surface area contributed by atoms with Crippen molar-refractivity contribution in [3.05, 3.63) is 0 Å². The molecule has 0 aromatic rings. The number of carbonyl (C=O) groups is 3. The van der Waals surface area contributed by atoms with Gasteiger partial charge in [-0.1, -0.05) is 0 Å². The number of rotatable bonds is 7. The lowest BCUT2D eigenvalue weighted by atomic mass is 9.90. The van der Waals surface area contributed by atoms with E-state index in [4.69, 9.17) is 10.1 Å². The molecule has 2 fully saturated rings. The van der Waals surface area contributed by atoms with Gasteiger partial charge in [-0.2, -0.15) is 0 Å². The minimum absolute atomic E-state index is 0.128. The number of hydrogen-bond donors (Lipinski definition) is 3. The van der Waals surface area contributed by atoms with Crippen molar-refractivity contribution in [3.8, 4) is 0 Å². The molecule has 32 heavy (non-hydrogen) atoms. The van der Waals surface area contributed by atoms with E-state index < -0.39 is 29.7 Å². The minimum atomic E-state index is -0.809. The summed E-state index contributed by atoms with van der Waals surface area (Å²) >= 11 is 3.61. The third-order valence-corrected chi connectivity index (χ3v) is 8.77. The van der Waals surface area contributed by atoms with E-state index in [2.05, 4.69) is 10.6 Å². The fraction of sp³-hybridized carbons (Fsp3) is 0.818. The Labute approximate surface area is 200 Å². The molecule has 0 spiro atoms. The van der Waals surface area contributed by atoms with E-state index in [0.717, 1.165) is 17.9 Å². The number of thioether (sulfide) groups is 2. The van der Waals surface area contributed by atoms with Crippen molar-refractivity contribution in [2.24, 2.45) is 11.8 Å². The topological polar surface area (TPSA) is 112 Å². The molecule has 1 heterocycles. The predicted octanol–water partition coefficient (Wildman–Crippen LogP) is 3.10. The van der Waals surface area contributed by atoms with E-state index >= 15 is 0 Å². The Morgan fingerprint density at radius 2 is 1.78 bits per heavy atom. The summed E-state index contributed by atoms with van der Waals surface area (Å²) in [6.07, 6.45) is 0.907. The Hall–Kier alpha value is -1.42. The Balaban J connectivity index is 2.40. The second-order valence-electron chi connectivity index (χ2n) is 9.24. The zero-order chi connectivity index (χ0) is 24.1. The van der Waals surface area contributed by atoms with E-state index in [9.17, 15) is 14.4 Å². The molecule has 2 rings (SSSR count). The molecule has 1 aliphatic carbocycles.